The van der Waals surface area contributed by atoms with Crippen molar-refractivity contribution < 1.29 is 22.7 Å². The predicted octanol–water partition coefficient (Wildman–Crippen LogP) is 2.59. The molecule has 2 aromatic rings. The molecule has 1 aromatic heterocycles. The Hall–Kier alpha value is -2.79. The lowest BCUT2D eigenvalue weighted by Crippen LogP contribution is -2.33. The maximum absolute atomic E-state index is 12.2. The van der Waals surface area contributed by atoms with E-state index in [1.807, 2.05) is 19.9 Å². The number of nitrogens with zero attached hydrogens (tertiary/aromatic N) is 1. The van der Waals surface area contributed by atoms with Gasteiger partial charge < -0.3 is 20.1 Å². The fraction of sp³-hybridized carbons (Fsp3) is 0.500. The summed E-state index contributed by atoms with van der Waals surface area (Å²) in [4.78, 5) is 11.9. The van der Waals surface area contributed by atoms with Crippen LogP contribution in [-0.2, 0) is 14.8 Å². The number of carbonyl (C=O) groups excluding carboxylic acids is 1. The van der Waals surface area contributed by atoms with Gasteiger partial charge in [-0.1, -0.05) is 0 Å². The van der Waals surface area contributed by atoms with E-state index in [-0.39, 0.29) is 42.2 Å². The van der Waals surface area contributed by atoms with E-state index in [4.69, 9.17) is 9.47 Å². The topological polar surface area (TPSA) is 134 Å². The predicted molar refractivity (Wildman–Crippen MR) is 114 cm³/mol. The first-order chi connectivity index (χ1) is 14.8. The summed E-state index contributed by atoms with van der Waals surface area (Å²) in [5.41, 5.74) is 1.64. The first-order valence-electron chi connectivity index (χ1n) is 10.4. The van der Waals surface area contributed by atoms with Gasteiger partial charge in [0.25, 0.3) is 0 Å². The van der Waals surface area contributed by atoms with Gasteiger partial charge in [0.15, 0.2) is 5.82 Å². The summed E-state index contributed by atoms with van der Waals surface area (Å²) < 4.78 is 37.9. The summed E-state index contributed by atoms with van der Waals surface area (Å²) in [5, 5.41) is 13.3. The van der Waals surface area contributed by atoms with Gasteiger partial charge in [-0.15, -0.1) is 0 Å². The Balaban J connectivity index is 1.39. The van der Waals surface area contributed by atoms with E-state index in [2.05, 4.69) is 25.6 Å². The number of aromatic amines is 1. The average molecular weight is 450 g/mol. The lowest BCUT2D eigenvalue weighted by molar-refractivity contribution is 0.0981. The molecule has 0 bridgehead atoms. The normalized spacial score (nSPS) is 22.3. The molecule has 2 aliphatic rings. The van der Waals surface area contributed by atoms with Gasteiger partial charge in [-0.2, -0.15) is 5.10 Å². The van der Waals surface area contributed by atoms with Crippen molar-refractivity contribution in [2.24, 2.45) is 0 Å². The molecule has 2 atom stereocenters. The van der Waals surface area contributed by atoms with Gasteiger partial charge in [-0.05, 0) is 45.2 Å². The van der Waals surface area contributed by atoms with Crippen LogP contribution in [0.4, 0.5) is 16.3 Å². The van der Waals surface area contributed by atoms with Gasteiger partial charge in [0.05, 0.1) is 0 Å². The quantitative estimate of drug-likeness (QED) is 0.551. The number of sulfonamides is 1. The maximum atomic E-state index is 12.2. The van der Waals surface area contributed by atoms with E-state index in [1.165, 1.54) is 6.07 Å². The van der Waals surface area contributed by atoms with E-state index in [9.17, 15) is 13.2 Å². The molecular weight excluding hydrogens is 422 g/mol. The van der Waals surface area contributed by atoms with Crippen molar-refractivity contribution in [3.8, 4) is 5.75 Å². The minimum atomic E-state index is -3.56. The second kappa shape index (κ2) is 8.75. The molecule has 1 aliphatic heterocycles. The van der Waals surface area contributed by atoms with Gasteiger partial charge in [0, 0.05) is 42.0 Å². The summed E-state index contributed by atoms with van der Waals surface area (Å²) in [7, 11) is -3.56. The van der Waals surface area contributed by atoms with Crippen molar-refractivity contribution in [3.05, 3.63) is 30.0 Å². The molecule has 1 fully saturated rings. The van der Waals surface area contributed by atoms with Crippen molar-refractivity contribution >= 4 is 27.6 Å². The van der Waals surface area contributed by atoms with E-state index in [0.29, 0.717) is 17.3 Å². The number of rotatable bonds is 5. The largest absolute Gasteiger partial charge is 0.491 e. The van der Waals surface area contributed by atoms with E-state index < -0.39 is 10.0 Å². The van der Waals surface area contributed by atoms with Crippen molar-refractivity contribution in [2.75, 3.05) is 18.5 Å². The third kappa shape index (κ3) is 5.10. The summed E-state index contributed by atoms with van der Waals surface area (Å²) >= 11 is 0. The molecule has 0 spiro atoms. The SMILES string of the molecule is CC(C)NC(=O)O[C@@H]1CC[C@H](c2cc(Nc3ccc4c(c3)OCCNS4(=O)=O)n[nH]2)C1. The lowest BCUT2D eigenvalue weighted by Gasteiger charge is -2.14. The standard InChI is InChI=1S/C20H27N5O5S/c1-12(2)22-20(26)30-15-5-3-13(9-15)16-11-19(25-24-16)23-14-4-6-18-17(10-14)29-8-7-21-31(18,27)28/h4,6,10-13,15,21H,3,5,7-9H2,1-2H3,(H,22,26)(H2,23,24,25)/t13-,15+/m0/s1. The van der Waals surface area contributed by atoms with Crippen molar-refractivity contribution in [2.45, 2.75) is 56.1 Å². The number of fused-ring (bicyclic) bond motifs is 1. The number of nitrogens with one attached hydrogen (secondary N) is 4. The molecule has 0 radical (unpaired) electrons. The van der Waals surface area contributed by atoms with Crippen LogP contribution in [0.5, 0.6) is 5.75 Å². The van der Waals surface area contributed by atoms with Crippen molar-refractivity contribution in [1.82, 2.24) is 20.2 Å². The van der Waals surface area contributed by atoms with E-state index in [1.54, 1.807) is 12.1 Å². The number of carbonyl (C=O) groups is 1. The van der Waals surface area contributed by atoms with Crippen molar-refractivity contribution in [1.29, 1.82) is 0 Å². The first kappa shape index (κ1) is 21.4. The highest BCUT2D eigenvalue weighted by Crippen LogP contribution is 2.36. The highest BCUT2D eigenvalue weighted by molar-refractivity contribution is 7.89. The Morgan fingerprint density at radius 3 is 2.94 bits per heavy atom. The molecule has 11 heteroatoms. The minimum Gasteiger partial charge on any atom is -0.491 e. The Morgan fingerprint density at radius 2 is 2.13 bits per heavy atom. The molecule has 2 heterocycles. The molecule has 1 aliphatic carbocycles. The van der Waals surface area contributed by atoms with Crippen LogP contribution in [0, 0.1) is 0 Å². The Labute approximate surface area is 181 Å². The molecule has 0 saturated heterocycles. The van der Waals surface area contributed by atoms with E-state index >= 15 is 0 Å². The molecule has 4 rings (SSSR count). The molecule has 1 aromatic carbocycles. The number of amides is 1. The highest BCUT2D eigenvalue weighted by atomic mass is 32.2. The minimum absolute atomic E-state index is 0.0423. The summed E-state index contributed by atoms with van der Waals surface area (Å²) in [6.07, 6.45) is 1.96. The number of ether oxygens (including phenoxy) is 2. The summed E-state index contributed by atoms with van der Waals surface area (Å²) in [6, 6.07) is 6.81. The fourth-order valence-corrected chi connectivity index (χ4v) is 4.98. The van der Waals surface area contributed by atoms with E-state index in [0.717, 1.165) is 25.0 Å². The average Bonchev–Trinajstić information content (AvgIpc) is 3.31. The first-order valence-corrected chi connectivity index (χ1v) is 11.8. The van der Waals surface area contributed by atoms with Gasteiger partial charge >= 0.3 is 6.09 Å². The van der Waals surface area contributed by atoms with Crippen LogP contribution in [0.1, 0.15) is 44.7 Å². The highest BCUT2D eigenvalue weighted by Gasteiger charge is 2.30. The summed E-state index contributed by atoms with van der Waals surface area (Å²) in [5.74, 6) is 1.15. The van der Waals surface area contributed by atoms with Crippen LogP contribution >= 0.6 is 0 Å². The number of alkyl carbamates (subject to hydrolysis) is 1. The second-order valence-corrected chi connectivity index (χ2v) is 9.81. The fourth-order valence-electron chi connectivity index (χ4n) is 3.84. The zero-order chi connectivity index (χ0) is 22.0. The van der Waals surface area contributed by atoms with Gasteiger partial charge in [0.2, 0.25) is 10.0 Å². The third-order valence-electron chi connectivity index (χ3n) is 5.26. The molecule has 10 nitrogen and oxygen atoms in total. The van der Waals surface area contributed by atoms with Crippen LogP contribution < -0.4 is 20.1 Å². The number of aromatic nitrogens is 2. The monoisotopic (exact) mass is 449 g/mol. The number of H-pyrrole nitrogens is 1. The summed E-state index contributed by atoms with van der Waals surface area (Å²) in [6.45, 7) is 4.28. The molecule has 1 amide bonds. The number of hydrogen-bond acceptors (Lipinski definition) is 7. The van der Waals surface area contributed by atoms with Crippen molar-refractivity contribution in [3.63, 3.8) is 0 Å². The van der Waals surface area contributed by atoms with Crippen LogP contribution in [0.25, 0.3) is 0 Å². The number of benzene rings is 1. The Morgan fingerprint density at radius 1 is 1.29 bits per heavy atom. The smallest absolute Gasteiger partial charge is 0.407 e. The molecule has 0 unspecified atom stereocenters. The van der Waals surface area contributed by atoms with Gasteiger partial charge in [-0.25, -0.2) is 17.9 Å². The number of anilines is 2. The number of hydrogen-bond donors (Lipinski definition) is 4. The van der Waals surface area contributed by atoms with Crippen LogP contribution in [0.3, 0.4) is 0 Å². The Bertz CT molecular complexity index is 1050. The molecule has 1 saturated carbocycles. The maximum Gasteiger partial charge on any atom is 0.407 e. The Kier molecular flexibility index (Phi) is 6.05. The van der Waals surface area contributed by atoms with Crippen LogP contribution in [-0.4, -0.2) is 50.0 Å². The van der Waals surface area contributed by atoms with Crippen LogP contribution in [0.2, 0.25) is 0 Å². The van der Waals surface area contributed by atoms with Gasteiger partial charge in [-0.3, -0.25) is 5.10 Å². The zero-order valence-electron chi connectivity index (χ0n) is 17.5. The molecule has 31 heavy (non-hydrogen) atoms. The second-order valence-electron chi connectivity index (χ2n) is 8.08. The zero-order valence-corrected chi connectivity index (χ0v) is 18.3. The molecule has 168 valence electrons. The third-order valence-corrected chi connectivity index (χ3v) is 6.76. The molecule has 4 N–H and O–H groups in total. The van der Waals surface area contributed by atoms with Gasteiger partial charge in [0.1, 0.15) is 23.4 Å². The molecular formula is C20H27N5O5S. The lowest BCUT2D eigenvalue weighted by atomic mass is 10.0. The van der Waals surface area contributed by atoms with Crippen LogP contribution in [0.15, 0.2) is 29.2 Å².